The lowest BCUT2D eigenvalue weighted by atomic mass is 10.1. The minimum absolute atomic E-state index is 0.182. The highest BCUT2D eigenvalue weighted by Crippen LogP contribution is 2.17. The third-order valence-corrected chi connectivity index (χ3v) is 3.71. The average molecular weight is 289 g/mol. The van der Waals surface area contributed by atoms with Gasteiger partial charge >= 0.3 is 0 Å². The van der Waals surface area contributed by atoms with E-state index in [1.54, 1.807) is 6.20 Å². The smallest absolute Gasteiger partial charge is 0.259 e. The summed E-state index contributed by atoms with van der Waals surface area (Å²) in [6.07, 6.45) is 1.71. The van der Waals surface area contributed by atoms with Crippen molar-refractivity contribution < 1.29 is 9.53 Å². The van der Waals surface area contributed by atoms with Crippen LogP contribution >= 0.6 is 12.2 Å². The molecular weight excluding hydrogens is 274 g/mol. The fraction of sp³-hybridized carbons (Fsp3) is 0.286. The molecule has 1 fully saturated rings. The van der Waals surface area contributed by atoms with Gasteiger partial charge in [-0.3, -0.25) is 10.1 Å². The van der Waals surface area contributed by atoms with Crippen molar-refractivity contribution in [3.63, 3.8) is 0 Å². The first kappa shape index (κ1) is 13.1. The highest BCUT2D eigenvalue weighted by atomic mass is 32.1. The zero-order valence-electron chi connectivity index (χ0n) is 10.9. The van der Waals surface area contributed by atoms with Crippen LogP contribution in [0, 0.1) is 0 Å². The van der Waals surface area contributed by atoms with Gasteiger partial charge in [0.2, 0.25) is 0 Å². The molecule has 1 aromatic carbocycles. The number of carbonyl (C=O) groups excluding carboxylic acids is 1. The van der Waals surface area contributed by atoms with E-state index in [1.165, 1.54) is 0 Å². The van der Waals surface area contributed by atoms with Gasteiger partial charge in [-0.2, -0.15) is 0 Å². The van der Waals surface area contributed by atoms with Crippen LogP contribution in [0.4, 0.5) is 0 Å². The van der Waals surface area contributed by atoms with Crippen molar-refractivity contribution in [2.24, 2.45) is 0 Å². The molecule has 2 heterocycles. The summed E-state index contributed by atoms with van der Waals surface area (Å²) in [5.74, 6) is -0.182. The SMILES string of the molecule is O=C(NC(=S)N1CCOCC1)c1c[nH]c2ccccc12. The molecule has 104 valence electrons. The van der Waals surface area contributed by atoms with E-state index in [9.17, 15) is 4.79 Å². The van der Waals surface area contributed by atoms with Crippen LogP contribution in [0.2, 0.25) is 0 Å². The molecule has 0 radical (unpaired) electrons. The van der Waals surface area contributed by atoms with Crippen LogP contribution in [-0.4, -0.2) is 47.2 Å². The van der Waals surface area contributed by atoms with Crippen molar-refractivity contribution in [2.75, 3.05) is 26.3 Å². The number of thiocarbonyl (C=S) groups is 1. The zero-order chi connectivity index (χ0) is 13.9. The Labute approximate surface area is 121 Å². The summed E-state index contributed by atoms with van der Waals surface area (Å²) in [5, 5.41) is 4.15. The molecule has 5 nitrogen and oxygen atoms in total. The first-order valence-corrected chi connectivity index (χ1v) is 6.90. The number of nitrogens with zero attached hydrogens (tertiary/aromatic N) is 1. The first-order valence-electron chi connectivity index (χ1n) is 6.50. The Balaban J connectivity index is 1.74. The number of H-pyrrole nitrogens is 1. The second-order valence-corrected chi connectivity index (χ2v) is 4.99. The van der Waals surface area contributed by atoms with Crippen molar-refractivity contribution >= 4 is 34.1 Å². The Hall–Kier alpha value is -1.92. The van der Waals surface area contributed by atoms with Crippen molar-refractivity contribution in [1.29, 1.82) is 0 Å². The predicted molar refractivity (Wildman–Crippen MR) is 80.8 cm³/mol. The Bertz CT molecular complexity index is 647. The standard InChI is InChI=1S/C14H15N3O2S/c18-13(16-14(20)17-5-7-19-8-6-17)11-9-15-12-4-2-1-3-10(11)12/h1-4,9,15H,5-8H2,(H,16,18,20). The number of benzene rings is 1. The molecule has 1 amide bonds. The minimum Gasteiger partial charge on any atom is -0.378 e. The maximum absolute atomic E-state index is 12.3. The molecule has 0 spiro atoms. The van der Waals surface area contributed by atoms with Crippen molar-refractivity contribution in [3.8, 4) is 0 Å². The summed E-state index contributed by atoms with van der Waals surface area (Å²) in [4.78, 5) is 17.3. The lowest BCUT2D eigenvalue weighted by Crippen LogP contribution is -2.47. The van der Waals surface area contributed by atoms with Gasteiger partial charge in [-0.25, -0.2) is 0 Å². The third-order valence-electron chi connectivity index (χ3n) is 3.35. The summed E-state index contributed by atoms with van der Waals surface area (Å²) in [6, 6.07) is 7.69. The number of hydrogen-bond acceptors (Lipinski definition) is 3. The minimum atomic E-state index is -0.182. The van der Waals surface area contributed by atoms with Crippen LogP contribution in [0.5, 0.6) is 0 Å². The summed E-state index contributed by atoms with van der Waals surface area (Å²) < 4.78 is 5.27. The van der Waals surface area contributed by atoms with E-state index in [0.717, 1.165) is 10.9 Å². The summed E-state index contributed by atoms with van der Waals surface area (Å²) >= 11 is 5.28. The lowest BCUT2D eigenvalue weighted by Gasteiger charge is -2.28. The molecule has 0 bridgehead atoms. The number of hydrogen-bond donors (Lipinski definition) is 2. The summed E-state index contributed by atoms with van der Waals surface area (Å²) in [5.41, 5.74) is 1.55. The quantitative estimate of drug-likeness (QED) is 0.782. The van der Waals surface area contributed by atoms with Gasteiger partial charge in [0.15, 0.2) is 5.11 Å². The predicted octanol–water partition coefficient (Wildman–Crippen LogP) is 1.51. The van der Waals surface area contributed by atoms with E-state index in [4.69, 9.17) is 17.0 Å². The Kier molecular flexibility index (Phi) is 3.66. The molecule has 1 aliphatic heterocycles. The summed E-state index contributed by atoms with van der Waals surface area (Å²) in [7, 11) is 0. The first-order chi connectivity index (χ1) is 9.75. The fourth-order valence-corrected chi connectivity index (χ4v) is 2.54. The Morgan fingerprint density at radius 3 is 2.85 bits per heavy atom. The van der Waals surface area contributed by atoms with Gasteiger partial charge < -0.3 is 14.6 Å². The van der Waals surface area contributed by atoms with E-state index >= 15 is 0 Å². The second-order valence-electron chi connectivity index (χ2n) is 4.61. The average Bonchev–Trinajstić information content (AvgIpc) is 2.92. The van der Waals surface area contributed by atoms with Crippen LogP contribution in [0.15, 0.2) is 30.5 Å². The monoisotopic (exact) mass is 289 g/mol. The molecule has 1 aromatic heterocycles. The molecule has 0 aliphatic carbocycles. The highest BCUT2D eigenvalue weighted by molar-refractivity contribution is 7.80. The molecule has 3 rings (SSSR count). The molecule has 2 aromatic rings. The number of aromatic nitrogens is 1. The van der Waals surface area contributed by atoms with Crippen molar-refractivity contribution in [3.05, 3.63) is 36.0 Å². The number of amides is 1. The molecule has 0 saturated carbocycles. The fourth-order valence-electron chi connectivity index (χ4n) is 2.27. The molecule has 1 aliphatic rings. The number of carbonyl (C=O) groups is 1. The van der Waals surface area contributed by atoms with E-state index < -0.39 is 0 Å². The van der Waals surface area contributed by atoms with E-state index in [-0.39, 0.29) is 5.91 Å². The van der Waals surface area contributed by atoms with Gasteiger partial charge in [-0.05, 0) is 18.3 Å². The van der Waals surface area contributed by atoms with Crippen LogP contribution < -0.4 is 5.32 Å². The maximum atomic E-state index is 12.3. The molecular formula is C14H15N3O2S. The highest BCUT2D eigenvalue weighted by Gasteiger charge is 2.18. The van der Waals surface area contributed by atoms with Gasteiger partial charge in [-0.1, -0.05) is 18.2 Å². The molecule has 20 heavy (non-hydrogen) atoms. The van der Waals surface area contributed by atoms with Crippen LogP contribution in [0.3, 0.4) is 0 Å². The van der Waals surface area contributed by atoms with E-state index in [1.807, 2.05) is 29.2 Å². The number of ether oxygens (including phenoxy) is 1. The van der Waals surface area contributed by atoms with Crippen molar-refractivity contribution in [1.82, 2.24) is 15.2 Å². The normalized spacial score (nSPS) is 15.3. The number of rotatable bonds is 1. The lowest BCUT2D eigenvalue weighted by molar-refractivity contribution is 0.0669. The number of aromatic amines is 1. The topological polar surface area (TPSA) is 57.4 Å². The molecule has 2 N–H and O–H groups in total. The van der Waals surface area contributed by atoms with Gasteiger partial charge in [0.05, 0.1) is 18.8 Å². The van der Waals surface area contributed by atoms with Gasteiger partial charge in [0.25, 0.3) is 5.91 Å². The van der Waals surface area contributed by atoms with Crippen LogP contribution in [0.25, 0.3) is 10.9 Å². The second kappa shape index (κ2) is 5.60. The number of morpholine rings is 1. The zero-order valence-corrected chi connectivity index (χ0v) is 11.7. The molecule has 6 heteroatoms. The van der Waals surface area contributed by atoms with Crippen molar-refractivity contribution in [2.45, 2.75) is 0 Å². The number of para-hydroxylation sites is 1. The van der Waals surface area contributed by atoms with Crippen LogP contribution in [0.1, 0.15) is 10.4 Å². The van der Waals surface area contributed by atoms with Gasteiger partial charge in [0.1, 0.15) is 0 Å². The largest absolute Gasteiger partial charge is 0.378 e. The Morgan fingerprint density at radius 1 is 1.30 bits per heavy atom. The van der Waals surface area contributed by atoms with Gasteiger partial charge in [-0.15, -0.1) is 0 Å². The number of fused-ring (bicyclic) bond motifs is 1. The summed E-state index contributed by atoms with van der Waals surface area (Å²) in [6.45, 7) is 2.71. The number of nitrogens with one attached hydrogen (secondary N) is 2. The van der Waals surface area contributed by atoms with E-state index in [2.05, 4.69) is 10.3 Å². The van der Waals surface area contributed by atoms with Crippen LogP contribution in [-0.2, 0) is 4.74 Å². The molecule has 0 unspecified atom stereocenters. The maximum Gasteiger partial charge on any atom is 0.259 e. The third kappa shape index (κ3) is 2.52. The van der Waals surface area contributed by atoms with Gasteiger partial charge in [0, 0.05) is 30.2 Å². The molecule has 0 atom stereocenters. The molecule has 1 saturated heterocycles. The Morgan fingerprint density at radius 2 is 2.05 bits per heavy atom. The van der Waals surface area contributed by atoms with E-state index in [0.29, 0.717) is 37.0 Å².